The van der Waals surface area contributed by atoms with Gasteiger partial charge in [0.05, 0.1) is 15.6 Å². The number of aromatic nitrogens is 1. The Labute approximate surface area is 172 Å². The number of alkyl halides is 3. The minimum atomic E-state index is -4.69. The van der Waals surface area contributed by atoms with Crippen LogP contribution in [-0.2, 0) is 11.0 Å². The molecule has 1 aromatic heterocycles. The molecule has 154 valence electrons. The molecular weight excluding hydrogens is 434 g/mol. The van der Waals surface area contributed by atoms with Crippen molar-refractivity contribution in [1.82, 2.24) is 9.88 Å². The summed E-state index contributed by atoms with van der Waals surface area (Å²) >= 11 is 11.8. The lowest BCUT2D eigenvalue weighted by molar-refractivity contribution is -0.137. The van der Waals surface area contributed by atoms with Crippen molar-refractivity contribution in [2.75, 3.05) is 11.9 Å². The molecule has 2 N–H and O–H groups in total. The van der Waals surface area contributed by atoms with Crippen molar-refractivity contribution in [2.24, 2.45) is 0 Å². The number of carbonyl (C=O) groups is 2. The second kappa shape index (κ2) is 8.08. The Morgan fingerprint density at radius 1 is 1.17 bits per heavy atom. The molecule has 0 saturated carbocycles. The molecule has 1 fully saturated rings. The predicted octanol–water partition coefficient (Wildman–Crippen LogP) is 3.94. The van der Waals surface area contributed by atoms with Crippen molar-refractivity contribution in [1.29, 1.82) is 0 Å². The predicted molar refractivity (Wildman–Crippen MR) is 101 cm³/mol. The number of anilines is 1. The Bertz CT molecular complexity index is 1020. The van der Waals surface area contributed by atoms with Gasteiger partial charge in [0.1, 0.15) is 11.7 Å². The van der Waals surface area contributed by atoms with Gasteiger partial charge in [0.15, 0.2) is 0 Å². The Morgan fingerprint density at radius 3 is 2.55 bits per heavy atom. The molecule has 0 radical (unpaired) electrons. The zero-order chi connectivity index (χ0) is 21.3. The molecule has 1 atom stereocenters. The number of hydrogen-bond acceptors (Lipinski definition) is 3. The van der Waals surface area contributed by atoms with Gasteiger partial charge in [-0.25, -0.2) is 0 Å². The SMILES string of the molecule is O=C(Nc1cc(C(F)(F)F)c[nH]c1=O)C1CCCN1C(=O)c1ccc(Cl)c(Cl)c1. The summed E-state index contributed by atoms with van der Waals surface area (Å²) in [5.74, 6) is -1.22. The third-order valence-corrected chi connectivity index (χ3v) is 5.21. The van der Waals surface area contributed by atoms with Crippen LogP contribution in [0.4, 0.5) is 18.9 Å². The van der Waals surface area contributed by atoms with Gasteiger partial charge in [-0.1, -0.05) is 23.2 Å². The van der Waals surface area contributed by atoms with E-state index in [-0.39, 0.29) is 22.2 Å². The van der Waals surface area contributed by atoms with E-state index in [0.717, 1.165) is 0 Å². The van der Waals surface area contributed by atoms with Crippen LogP contribution in [0.5, 0.6) is 0 Å². The van der Waals surface area contributed by atoms with Crippen LogP contribution in [0.3, 0.4) is 0 Å². The van der Waals surface area contributed by atoms with Crippen LogP contribution in [0.15, 0.2) is 35.3 Å². The maximum atomic E-state index is 12.8. The van der Waals surface area contributed by atoms with Gasteiger partial charge in [-0.15, -0.1) is 0 Å². The molecule has 1 unspecified atom stereocenters. The van der Waals surface area contributed by atoms with Gasteiger partial charge in [0.25, 0.3) is 11.5 Å². The summed E-state index contributed by atoms with van der Waals surface area (Å²) in [6, 6.07) is 3.89. The summed E-state index contributed by atoms with van der Waals surface area (Å²) in [6.45, 7) is 0.274. The number of aromatic amines is 1. The molecule has 6 nitrogen and oxygen atoms in total. The Kier molecular flexibility index (Phi) is 5.90. The molecule has 0 aliphatic carbocycles. The Hall–Kier alpha value is -2.52. The van der Waals surface area contributed by atoms with E-state index < -0.39 is 40.8 Å². The summed E-state index contributed by atoms with van der Waals surface area (Å²) in [5.41, 5.74) is -2.32. The van der Waals surface area contributed by atoms with Crippen LogP contribution < -0.4 is 10.9 Å². The van der Waals surface area contributed by atoms with E-state index in [1.807, 2.05) is 4.98 Å². The average Bonchev–Trinajstić information content (AvgIpc) is 3.14. The van der Waals surface area contributed by atoms with Gasteiger partial charge in [0, 0.05) is 18.3 Å². The quantitative estimate of drug-likeness (QED) is 0.747. The summed E-state index contributed by atoms with van der Waals surface area (Å²) in [4.78, 5) is 40.4. The third-order valence-electron chi connectivity index (χ3n) is 4.47. The molecule has 1 aromatic carbocycles. The van der Waals surface area contributed by atoms with Gasteiger partial charge in [-0.2, -0.15) is 13.2 Å². The van der Waals surface area contributed by atoms with Crippen LogP contribution >= 0.6 is 23.2 Å². The molecule has 2 amide bonds. The zero-order valence-corrected chi connectivity index (χ0v) is 16.2. The highest BCUT2D eigenvalue weighted by Crippen LogP contribution is 2.30. The number of likely N-dealkylation sites (tertiary alicyclic amines) is 1. The monoisotopic (exact) mass is 447 g/mol. The first-order valence-electron chi connectivity index (χ1n) is 8.44. The molecule has 3 rings (SSSR count). The number of rotatable bonds is 3. The number of H-pyrrole nitrogens is 1. The lowest BCUT2D eigenvalue weighted by Gasteiger charge is -2.24. The highest BCUT2D eigenvalue weighted by molar-refractivity contribution is 6.42. The fraction of sp³-hybridized carbons (Fsp3) is 0.278. The van der Waals surface area contributed by atoms with Crippen LogP contribution in [-0.4, -0.2) is 34.3 Å². The van der Waals surface area contributed by atoms with Crippen LogP contribution in [0.2, 0.25) is 10.0 Å². The molecule has 0 spiro atoms. The van der Waals surface area contributed by atoms with E-state index in [1.54, 1.807) is 0 Å². The van der Waals surface area contributed by atoms with Crippen LogP contribution in [0.1, 0.15) is 28.8 Å². The molecule has 1 saturated heterocycles. The average molecular weight is 448 g/mol. The minimum absolute atomic E-state index is 0.174. The van der Waals surface area contributed by atoms with Crippen molar-refractivity contribution >= 4 is 40.7 Å². The first kappa shape index (κ1) is 21.2. The molecular formula is C18H14Cl2F3N3O3. The number of pyridine rings is 1. The summed E-state index contributed by atoms with van der Waals surface area (Å²) < 4.78 is 38.5. The summed E-state index contributed by atoms with van der Waals surface area (Å²) in [5, 5.41) is 2.64. The van der Waals surface area contributed by atoms with E-state index in [4.69, 9.17) is 23.2 Å². The van der Waals surface area contributed by atoms with E-state index in [9.17, 15) is 27.6 Å². The normalized spacial score (nSPS) is 16.7. The molecule has 2 aromatic rings. The largest absolute Gasteiger partial charge is 0.417 e. The van der Waals surface area contributed by atoms with Gasteiger partial charge in [0.2, 0.25) is 5.91 Å². The topological polar surface area (TPSA) is 82.3 Å². The number of nitrogens with zero attached hydrogens (tertiary/aromatic N) is 1. The Morgan fingerprint density at radius 2 is 1.90 bits per heavy atom. The second-order valence-electron chi connectivity index (χ2n) is 6.40. The van der Waals surface area contributed by atoms with E-state index >= 15 is 0 Å². The van der Waals surface area contributed by atoms with Crippen LogP contribution in [0.25, 0.3) is 0 Å². The summed E-state index contributed by atoms with van der Waals surface area (Å²) in [7, 11) is 0. The standard InChI is InChI=1S/C18H14Cl2F3N3O3/c19-11-4-3-9(6-12(11)20)17(29)26-5-1-2-14(26)16(28)25-13-7-10(18(21,22)23)8-24-15(13)27/h3-4,6-8,14H,1-2,5H2,(H,24,27)(H,25,28). The lowest BCUT2D eigenvalue weighted by Crippen LogP contribution is -2.43. The van der Waals surface area contributed by atoms with Crippen molar-refractivity contribution in [2.45, 2.75) is 25.1 Å². The second-order valence-corrected chi connectivity index (χ2v) is 7.22. The number of benzene rings is 1. The lowest BCUT2D eigenvalue weighted by atomic mass is 10.1. The highest BCUT2D eigenvalue weighted by atomic mass is 35.5. The number of carbonyl (C=O) groups excluding carboxylic acids is 2. The summed E-state index contributed by atoms with van der Waals surface area (Å²) in [6.07, 6.45) is -3.35. The number of nitrogens with one attached hydrogen (secondary N) is 2. The van der Waals surface area contributed by atoms with Crippen molar-refractivity contribution < 1.29 is 22.8 Å². The Balaban J connectivity index is 1.81. The van der Waals surface area contributed by atoms with E-state index in [2.05, 4.69) is 5.32 Å². The maximum absolute atomic E-state index is 12.8. The smallest absolute Gasteiger partial charge is 0.327 e. The molecule has 0 bridgehead atoms. The van der Waals surface area contributed by atoms with Gasteiger partial charge >= 0.3 is 6.18 Å². The zero-order valence-electron chi connectivity index (χ0n) is 14.6. The van der Waals surface area contributed by atoms with Crippen molar-refractivity contribution in [3.63, 3.8) is 0 Å². The maximum Gasteiger partial charge on any atom is 0.417 e. The molecule has 2 heterocycles. The van der Waals surface area contributed by atoms with Crippen molar-refractivity contribution in [3.8, 4) is 0 Å². The van der Waals surface area contributed by atoms with Gasteiger partial charge in [-0.3, -0.25) is 14.4 Å². The number of halogens is 5. The van der Waals surface area contributed by atoms with E-state index in [0.29, 0.717) is 25.1 Å². The molecule has 29 heavy (non-hydrogen) atoms. The number of amides is 2. The first-order chi connectivity index (χ1) is 13.6. The minimum Gasteiger partial charge on any atom is -0.327 e. The van der Waals surface area contributed by atoms with Crippen molar-refractivity contribution in [3.05, 3.63) is 62.0 Å². The number of hydrogen-bond donors (Lipinski definition) is 2. The fourth-order valence-electron chi connectivity index (χ4n) is 3.03. The molecule has 1 aliphatic rings. The third kappa shape index (κ3) is 4.56. The van der Waals surface area contributed by atoms with E-state index in [1.165, 1.54) is 23.1 Å². The molecule has 1 aliphatic heterocycles. The fourth-order valence-corrected chi connectivity index (χ4v) is 3.33. The van der Waals surface area contributed by atoms with Crippen LogP contribution in [0, 0.1) is 0 Å². The molecule has 11 heteroatoms. The highest BCUT2D eigenvalue weighted by Gasteiger charge is 2.36. The first-order valence-corrected chi connectivity index (χ1v) is 9.20. The van der Waals surface area contributed by atoms with Gasteiger partial charge in [-0.05, 0) is 37.1 Å². The van der Waals surface area contributed by atoms with Gasteiger partial charge < -0.3 is 15.2 Å².